The van der Waals surface area contributed by atoms with Gasteiger partial charge in [-0.05, 0) is 58.3 Å². The van der Waals surface area contributed by atoms with Gasteiger partial charge in [0, 0.05) is 26.4 Å². The fourth-order valence-corrected chi connectivity index (χ4v) is 5.08. The van der Waals surface area contributed by atoms with Gasteiger partial charge in [0.05, 0.1) is 25.2 Å². The largest absolute Gasteiger partial charge is 0.503 e. The number of hydrogen-bond donors (Lipinski definition) is 0. The molecule has 1 atom stereocenters. The van der Waals surface area contributed by atoms with Gasteiger partial charge in [-0.3, -0.25) is 0 Å². The van der Waals surface area contributed by atoms with Gasteiger partial charge in [0.1, 0.15) is 6.29 Å². The van der Waals surface area contributed by atoms with Crippen LogP contribution in [0.1, 0.15) is 67.2 Å². The summed E-state index contributed by atoms with van der Waals surface area (Å²) in [7, 11) is -1.48. The molecule has 7 nitrogen and oxygen atoms in total. The van der Waals surface area contributed by atoms with E-state index in [1.807, 2.05) is 59.8 Å². The minimum absolute atomic E-state index is 0.325. The average molecular weight is 447 g/mol. The first-order valence-corrected chi connectivity index (χ1v) is 12.9. The van der Waals surface area contributed by atoms with Crippen LogP contribution in [0.3, 0.4) is 0 Å². The van der Waals surface area contributed by atoms with E-state index >= 15 is 0 Å². The van der Waals surface area contributed by atoms with Crippen LogP contribution in [0.2, 0.25) is 6.04 Å². The van der Waals surface area contributed by atoms with Gasteiger partial charge in [-0.2, -0.15) is 0 Å². The van der Waals surface area contributed by atoms with Crippen molar-refractivity contribution in [2.45, 2.75) is 85.5 Å². The number of hydrogen-bond acceptors (Lipinski definition) is 7. The van der Waals surface area contributed by atoms with Crippen LogP contribution >= 0.6 is 0 Å². The van der Waals surface area contributed by atoms with Crippen molar-refractivity contribution in [1.29, 1.82) is 0 Å². The van der Waals surface area contributed by atoms with E-state index < -0.39 is 21.1 Å². The minimum Gasteiger partial charge on any atom is -0.429 e. The summed E-state index contributed by atoms with van der Waals surface area (Å²) in [6.07, 6.45) is 12.8. The zero-order valence-electron chi connectivity index (χ0n) is 19.8. The van der Waals surface area contributed by atoms with Crippen LogP contribution in [-0.4, -0.2) is 41.4 Å². The van der Waals surface area contributed by atoms with E-state index in [9.17, 15) is 0 Å². The SMILES string of the molecule is CCC=COC(CC[Si](OCC)(OCC)OC(C)OC)(OC=CCC)OC=CCC. The number of rotatable bonds is 19. The molecule has 0 aliphatic carbocycles. The summed E-state index contributed by atoms with van der Waals surface area (Å²) in [5, 5.41) is 0. The third kappa shape index (κ3) is 11.8. The van der Waals surface area contributed by atoms with Crippen molar-refractivity contribution < 1.29 is 32.2 Å². The molecule has 0 rings (SSSR count). The van der Waals surface area contributed by atoms with Gasteiger partial charge in [-0.1, -0.05) is 20.8 Å². The van der Waals surface area contributed by atoms with E-state index in [1.54, 1.807) is 25.9 Å². The molecule has 0 saturated heterocycles. The predicted octanol–water partition coefficient (Wildman–Crippen LogP) is 5.87. The monoisotopic (exact) mass is 446 g/mol. The molecule has 8 heteroatoms. The smallest absolute Gasteiger partial charge is 0.429 e. The predicted molar refractivity (Wildman–Crippen MR) is 120 cm³/mol. The Balaban J connectivity index is 5.79. The second-order valence-corrected chi connectivity index (χ2v) is 9.03. The minimum atomic E-state index is -3.07. The van der Waals surface area contributed by atoms with Crippen molar-refractivity contribution in [1.82, 2.24) is 0 Å². The third-order valence-corrected chi connectivity index (χ3v) is 6.89. The quantitative estimate of drug-likeness (QED) is 0.140. The van der Waals surface area contributed by atoms with E-state index in [2.05, 4.69) is 0 Å². The second kappa shape index (κ2) is 17.4. The summed E-state index contributed by atoms with van der Waals surface area (Å²) in [5.41, 5.74) is 0. The van der Waals surface area contributed by atoms with Gasteiger partial charge >= 0.3 is 14.8 Å². The van der Waals surface area contributed by atoms with Crippen LogP contribution < -0.4 is 0 Å². The molecular formula is C22H42O7Si. The summed E-state index contributed by atoms with van der Waals surface area (Å²) >= 11 is 0. The highest BCUT2D eigenvalue weighted by molar-refractivity contribution is 6.60. The summed E-state index contributed by atoms with van der Waals surface area (Å²) in [4.78, 5) is 0. The van der Waals surface area contributed by atoms with Crippen molar-refractivity contribution >= 4 is 8.80 Å². The molecule has 0 radical (unpaired) electrons. The fourth-order valence-electron chi connectivity index (χ4n) is 2.36. The molecule has 176 valence electrons. The highest BCUT2D eigenvalue weighted by Gasteiger charge is 2.47. The molecule has 0 bridgehead atoms. The topological polar surface area (TPSA) is 64.6 Å². The molecule has 0 aromatic rings. The summed E-state index contributed by atoms with van der Waals surface area (Å²) in [6.45, 7) is 12.6. The molecule has 0 saturated carbocycles. The van der Waals surface area contributed by atoms with Gasteiger partial charge in [0.25, 0.3) is 0 Å². The molecule has 30 heavy (non-hydrogen) atoms. The van der Waals surface area contributed by atoms with Crippen LogP contribution in [0.15, 0.2) is 37.0 Å². The molecule has 0 aromatic heterocycles. The Hall–Kier alpha value is -1.32. The molecule has 0 heterocycles. The van der Waals surface area contributed by atoms with Gasteiger partial charge < -0.3 is 32.2 Å². The maximum Gasteiger partial charge on any atom is 0.503 e. The lowest BCUT2D eigenvalue weighted by Gasteiger charge is -2.35. The van der Waals surface area contributed by atoms with Crippen LogP contribution in [0.25, 0.3) is 0 Å². The molecule has 0 aliphatic rings. The normalized spacial score (nSPS) is 15.7. The number of ether oxygens (including phenoxy) is 4. The molecule has 0 aliphatic heterocycles. The third-order valence-electron chi connectivity index (χ3n) is 3.88. The molecule has 0 amide bonds. The Morgan fingerprint density at radius 2 is 1.20 bits per heavy atom. The van der Waals surface area contributed by atoms with E-state index in [0.717, 1.165) is 19.3 Å². The van der Waals surface area contributed by atoms with Crippen LogP contribution in [0.4, 0.5) is 0 Å². The van der Waals surface area contributed by atoms with E-state index in [-0.39, 0.29) is 0 Å². The first-order chi connectivity index (χ1) is 14.5. The van der Waals surface area contributed by atoms with E-state index in [0.29, 0.717) is 25.7 Å². The Bertz CT molecular complexity index is 447. The number of methoxy groups -OCH3 is 1. The maximum atomic E-state index is 6.09. The average Bonchev–Trinajstić information content (AvgIpc) is 2.73. The maximum absolute atomic E-state index is 6.09. The Morgan fingerprint density at radius 3 is 1.53 bits per heavy atom. The lowest BCUT2D eigenvalue weighted by molar-refractivity contribution is -0.319. The lowest BCUT2D eigenvalue weighted by atomic mass is 10.4. The summed E-state index contributed by atoms with van der Waals surface area (Å²) in [6, 6.07) is 0.419. The number of allylic oxidation sites excluding steroid dienone is 3. The standard InChI is InChI=1S/C22H42O7Si/c1-8-13-17-24-22(25-18-14-9-2,26-19-15-10-3)16-20-30(27-11-4,28-12-5)29-21(6)23-7/h13-15,17-19,21H,8-12,16,20H2,1-7H3. The van der Waals surface area contributed by atoms with Crippen molar-refractivity contribution in [2.24, 2.45) is 0 Å². The Morgan fingerprint density at radius 1 is 0.767 bits per heavy atom. The zero-order chi connectivity index (χ0) is 22.7. The van der Waals surface area contributed by atoms with Crippen molar-refractivity contribution in [2.75, 3.05) is 20.3 Å². The lowest BCUT2D eigenvalue weighted by Crippen LogP contribution is -2.50. The molecule has 0 fully saturated rings. The van der Waals surface area contributed by atoms with Gasteiger partial charge in [0.15, 0.2) is 0 Å². The van der Waals surface area contributed by atoms with Crippen LogP contribution in [0, 0.1) is 0 Å². The zero-order valence-corrected chi connectivity index (χ0v) is 20.8. The Kier molecular flexibility index (Phi) is 16.6. The Labute approximate surface area is 184 Å². The van der Waals surface area contributed by atoms with Gasteiger partial charge in [-0.15, -0.1) is 0 Å². The fraction of sp³-hybridized carbons (Fsp3) is 0.727. The molecule has 0 spiro atoms. The summed E-state index contributed by atoms with van der Waals surface area (Å²) in [5.74, 6) is -1.37. The molecule has 0 N–H and O–H groups in total. The van der Waals surface area contributed by atoms with Crippen molar-refractivity contribution in [3.05, 3.63) is 37.0 Å². The van der Waals surface area contributed by atoms with E-state index in [1.165, 1.54) is 0 Å². The summed E-state index contributed by atoms with van der Waals surface area (Å²) < 4.78 is 41.2. The van der Waals surface area contributed by atoms with Crippen molar-refractivity contribution in [3.63, 3.8) is 0 Å². The second-order valence-electron chi connectivity index (χ2n) is 6.35. The van der Waals surface area contributed by atoms with Crippen molar-refractivity contribution in [3.8, 4) is 0 Å². The van der Waals surface area contributed by atoms with Gasteiger partial charge in [-0.25, -0.2) is 0 Å². The first kappa shape index (κ1) is 28.7. The highest BCUT2D eigenvalue weighted by atomic mass is 28.4. The van der Waals surface area contributed by atoms with E-state index in [4.69, 9.17) is 32.2 Å². The molecule has 0 aromatic carbocycles. The first-order valence-electron chi connectivity index (χ1n) is 10.9. The van der Waals surface area contributed by atoms with Gasteiger partial charge in [0.2, 0.25) is 0 Å². The van der Waals surface area contributed by atoms with Crippen LogP contribution in [-0.2, 0) is 32.2 Å². The molecule has 1 unspecified atom stereocenters. The molecular weight excluding hydrogens is 404 g/mol. The van der Waals surface area contributed by atoms with Crippen LogP contribution in [0.5, 0.6) is 0 Å². The highest BCUT2D eigenvalue weighted by Crippen LogP contribution is 2.30.